The Hall–Kier alpha value is -1.07. The highest BCUT2D eigenvalue weighted by Gasteiger charge is 2.13. The van der Waals surface area contributed by atoms with Crippen molar-refractivity contribution >= 4 is 22.9 Å². The molecule has 15 heavy (non-hydrogen) atoms. The summed E-state index contributed by atoms with van der Waals surface area (Å²) in [6.45, 7) is 2.59. The number of nitrogens with two attached hydrogens (primary N) is 1. The fourth-order valence-corrected chi connectivity index (χ4v) is 1.88. The molecule has 0 spiro atoms. The van der Waals surface area contributed by atoms with Crippen molar-refractivity contribution in [3.8, 4) is 0 Å². The Morgan fingerprint density at radius 2 is 2.47 bits per heavy atom. The minimum absolute atomic E-state index is 0.0962. The van der Waals surface area contributed by atoms with Crippen LogP contribution in [0.3, 0.4) is 0 Å². The van der Waals surface area contributed by atoms with E-state index in [0.717, 1.165) is 6.42 Å². The molecule has 1 unspecified atom stereocenters. The largest absolute Gasteiger partial charge is 0.397 e. The van der Waals surface area contributed by atoms with Crippen molar-refractivity contribution in [1.82, 2.24) is 5.32 Å². The van der Waals surface area contributed by atoms with E-state index in [9.17, 15) is 4.79 Å². The lowest BCUT2D eigenvalue weighted by Crippen LogP contribution is -2.33. The molecule has 0 bridgehead atoms. The summed E-state index contributed by atoms with van der Waals surface area (Å²) in [6.07, 6.45) is 0.799. The Kier molecular flexibility index (Phi) is 4.58. The second-order valence-corrected chi connectivity index (χ2v) is 4.28. The van der Waals surface area contributed by atoms with E-state index < -0.39 is 0 Å². The lowest BCUT2D eigenvalue weighted by atomic mass is 10.2. The summed E-state index contributed by atoms with van der Waals surface area (Å²) < 4.78 is 4.94. The fourth-order valence-electron chi connectivity index (χ4n) is 1.16. The van der Waals surface area contributed by atoms with Gasteiger partial charge in [-0.1, -0.05) is 0 Å². The first kappa shape index (κ1) is 12.0. The van der Waals surface area contributed by atoms with E-state index in [4.69, 9.17) is 10.5 Å². The maximum absolute atomic E-state index is 11.7. The molecule has 4 nitrogen and oxygen atoms in total. The minimum atomic E-state index is -0.105. The third kappa shape index (κ3) is 3.53. The van der Waals surface area contributed by atoms with Crippen molar-refractivity contribution < 1.29 is 9.53 Å². The van der Waals surface area contributed by atoms with Gasteiger partial charge < -0.3 is 15.8 Å². The van der Waals surface area contributed by atoms with Crippen LogP contribution in [0, 0.1) is 0 Å². The molecule has 0 aliphatic heterocycles. The maximum atomic E-state index is 11.7. The van der Waals surface area contributed by atoms with Crippen LogP contribution in [0.15, 0.2) is 11.4 Å². The Labute approximate surface area is 93.4 Å². The van der Waals surface area contributed by atoms with Gasteiger partial charge in [-0.25, -0.2) is 0 Å². The first-order valence-corrected chi connectivity index (χ1v) is 5.66. The molecule has 1 aromatic rings. The summed E-state index contributed by atoms with van der Waals surface area (Å²) in [7, 11) is 1.64. The summed E-state index contributed by atoms with van der Waals surface area (Å²) in [4.78, 5) is 12.3. The van der Waals surface area contributed by atoms with Crippen LogP contribution < -0.4 is 11.1 Å². The van der Waals surface area contributed by atoms with Gasteiger partial charge >= 0.3 is 0 Å². The number of rotatable bonds is 5. The number of hydrogen-bond donors (Lipinski definition) is 2. The van der Waals surface area contributed by atoms with Crippen LogP contribution in [0.25, 0.3) is 0 Å². The summed E-state index contributed by atoms with van der Waals surface area (Å²) in [5.74, 6) is -0.105. The third-order valence-electron chi connectivity index (χ3n) is 2.03. The molecule has 1 rings (SSSR count). The Balaban J connectivity index is 2.46. The van der Waals surface area contributed by atoms with Crippen molar-refractivity contribution in [1.29, 1.82) is 0 Å². The molecule has 0 aromatic carbocycles. The molecule has 0 aliphatic rings. The zero-order valence-electron chi connectivity index (χ0n) is 8.95. The van der Waals surface area contributed by atoms with E-state index in [0.29, 0.717) is 17.2 Å². The van der Waals surface area contributed by atoms with Crippen molar-refractivity contribution in [2.24, 2.45) is 0 Å². The number of carbonyl (C=O) groups is 1. The van der Waals surface area contributed by atoms with Gasteiger partial charge in [0, 0.05) is 19.8 Å². The van der Waals surface area contributed by atoms with Crippen LogP contribution in [0.2, 0.25) is 0 Å². The fraction of sp³-hybridized carbons (Fsp3) is 0.500. The summed E-state index contributed by atoms with van der Waals surface area (Å²) in [5, 5.41) is 4.68. The van der Waals surface area contributed by atoms with E-state index in [1.807, 2.05) is 12.3 Å². The summed E-state index contributed by atoms with van der Waals surface area (Å²) in [6, 6.07) is 1.83. The number of anilines is 1. The van der Waals surface area contributed by atoms with Crippen LogP contribution in [0.5, 0.6) is 0 Å². The van der Waals surface area contributed by atoms with Crippen molar-refractivity contribution in [2.45, 2.75) is 19.4 Å². The van der Waals surface area contributed by atoms with Gasteiger partial charge in [-0.15, -0.1) is 11.3 Å². The van der Waals surface area contributed by atoms with Crippen molar-refractivity contribution in [3.05, 3.63) is 16.3 Å². The number of amides is 1. The molecule has 0 saturated carbocycles. The molecule has 5 heteroatoms. The van der Waals surface area contributed by atoms with Gasteiger partial charge in [-0.3, -0.25) is 4.79 Å². The normalized spacial score (nSPS) is 12.4. The number of carbonyl (C=O) groups excluding carboxylic acids is 1. The van der Waals surface area contributed by atoms with Crippen LogP contribution in [0.1, 0.15) is 23.0 Å². The van der Waals surface area contributed by atoms with Gasteiger partial charge in [0.15, 0.2) is 0 Å². The first-order valence-electron chi connectivity index (χ1n) is 4.78. The number of methoxy groups -OCH3 is 1. The zero-order chi connectivity index (χ0) is 11.3. The Morgan fingerprint density at radius 1 is 1.73 bits per heavy atom. The van der Waals surface area contributed by atoms with E-state index in [-0.39, 0.29) is 11.9 Å². The van der Waals surface area contributed by atoms with Crippen molar-refractivity contribution in [3.63, 3.8) is 0 Å². The molecule has 1 aromatic heterocycles. The second kappa shape index (κ2) is 5.72. The lowest BCUT2D eigenvalue weighted by molar-refractivity contribution is 0.0934. The smallest absolute Gasteiger partial charge is 0.263 e. The van der Waals surface area contributed by atoms with Crippen LogP contribution in [-0.2, 0) is 4.74 Å². The highest BCUT2D eigenvalue weighted by atomic mass is 32.1. The minimum Gasteiger partial charge on any atom is -0.397 e. The Morgan fingerprint density at radius 3 is 3.00 bits per heavy atom. The maximum Gasteiger partial charge on any atom is 0.263 e. The average Bonchev–Trinajstić information content (AvgIpc) is 2.61. The van der Waals surface area contributed by atoms with Gasteiger partial charge in [0.05, 0.1) is 5.69 Å². The number of ether oxygens (including phenoxy) is 1. The molecule has 1 atom stereocenters. The highest BCUT2D eigenvalue weighted by molar-refractivity contribution is 7.12. The zero-order valence-corrected chi connectivity index (χ0v) is 9.76. The van der Waals surface area contributed by atoms with E-state index in [1.54, 1.807) is 13.2 Å². The van der Waals surface area contributed by atoms with E-state index in [2.05, 4.69) is 5.32 Å². The first-order chi connectivity index (χ1) is 7.15. The predicted molar refractivity (Wildman–Crippen MR) is 62.2 cm³/mol. The molecule has 0 aliphatic carbocycles. The molecule has 3 N–H and O–H groups in total. The van der Waals surface area contributed by atoms with Gasteiger partial charge in [-0.2, -0.15) is 0 Å². The monoisotopic (exact) mass is 228 g/mol. The molecule has 1 heterocycles. The standard InChI is InChI=1S/C10H16N2O2S/c1-7(3-5-14-2)12-10(13)9-8(11)4-6-15-9/h4,6-7H,3,5,11H2,1-2H3,(H,12,13). The van der Waals surface area contributed by atoms with Gasteiger partial charge in [0.2, 0.25) is 0 Å². The van der Waals surface area contributed by atoms with E-state index in [1.165, 1.54) is 11.3 Å². The molecular formula is C10H16N2O2S. The molecule has 0 saturated heterocycles. The SMILES string of the molecule is COCCC(C)NC(=O)c1sccc1N. The third-order valence-corrected chi connectivity index (χ3v) is 2.96. The number of thiophene rings is 1. The molecule has 0 fully saturated rings. The Bertz CT molecular complexity index is 325. The van der Waals surface area contributed by atoms with Crippen molar-refractivity contribution in [2.75, 3.05) is 19.5 Å². The van der Waals surface area contributed by atoms with Gasteiger partial charge in [0.1, 0.15) is 4.88 Å². The molecule has 84 valence electrons. The molecular weight excluding hydrogens is 212 g/mol. The van der Waals surface area contributed by atoms with E-state index >= 15 is 0 Å². The number of hydrogen-bond acceptors (Lipinski definition) is 4. The van der Waals surface area contributed by atoms with Crippen LogP contribution >= 0.6 is 11.3 Å². The summed E-state index contributed by atoms with van der Waals surface area (Å²) >= 11 is 1.36. The van der Waals surface area contributed by atoms with Crippen LogP contribution in [0.4, 0.5) is 5.69 Å². The molecule has 1 amide bonds. The number of nitrogens with one attached hydrogen (secondary N) is 1. The van der Waals surface area contributed by atoms with Crippen LogP contribution in [-0.4, -0.2) is 25.7 Å². The van der Waals surface area contributed by atoms with Gasteiger partial charge in [0.25, 0.3) is 5.91 Å². The quantitative estimate of drug-likeness (QED) is 0.802. The molecule has 0 radical (unpaired) electrons. The van der Waals surface area contributed by atoms with Gasteiger partial charge in [-0.05, 0) is 24.8 Å². The average molecular weight is 228 g/mol. The number of nitrogen functional groups attached to an aromatic ring is 1. The predicted octanol–water partition coefficient (Wildman–Crippen LogP) is 1.49. The second-order valence-electron chi connectivity index (χ2n) is 3.36. The lowest BCUT2D eigenvalue weighted by Gasteiger charge is -2.12. The highest BCUT2D eigenvalue weighted by Crippen LogP contribution is 2.18. The topological polar surface area (TPSA) is 64.3 Å². The summed E-state index contributed by atoms with van der Waals surface area (Å²) in [5.41, 5.74) is 6.18.